The fourth-order valence-electron chi connectivity index (χ4n) is 1.64. The van der Waals surface area contributed by atoms with E-state index in [1.807, 2.05) is 0 Å². The monoisotopic (exact) mass is 178 g/mol. The van der Waals surface area contributed by atoms with Crippen molar-refractivity contribution < 1.29 is 9.59 Å². The Morgan fingerprint density at radius 3 is 2.85 bits per heavy atom. The zero-order valence-electron chi connectivity index (χ0n) is 7.09. The molecule has 0 spiro atoms. The van der Waals surface area contributed by atoms with Crippen molar-refractivity contribution in [3.8, 4) is 0 Å². The van der Waals surface area contributed by atoms with Crippen LogP contribution in [0.5, 0.6) is 0 Å². The molecule has 0 aromatic carbocycles. The molecule has 4 heteroatoms. The number of rotatable bonds is 1. The van der Waals surface area contributed by atoms with Crippen LogP contribution in [0.25, 0.3) is 0 Å². The van der Waals surface area contributed by atoms with Crippen molar-refractivity contribution in [2.45, 2.75) is 19.3 Å². The highest BCUT2D eigenvalue weighted by Gasteiger charge is 2.20. The number of Topliss-reactive ketones (excluding diaryl/α,β-unsaturated/α-hetero) is 1. The second-order valence-electron chi connectivity index (χ2n) is 3.22. The number of nitrogens with two attached hydrogens (primary N) is 1. The summed E-state index contributed by atoms with van der Waals surface area (Å²) in [7, 11) is 0. The molecular formula is C9H10N2O2. The fourth-order valence-corrected chi connectivity index (χ4v) is 1.64. The molecule has 0 saturated carbocycles. The summed E-state index contributed by atoms with van der Waals surface area (Å²) in [6.45, 7) is 0. The molecule has 1 heterocycles. The first kappa shape index (κ1) is 8.04. The first-order valence-electron chi connectivity index (χ1n) is 4.23. The zero-order valence-corrected chi connectivity index (χ0v) is 7.09. The van der Waals surface area contributed by atoms with E-state index in [1.54, 1.807) is 6.07 Å². The summed E-state index contributed by atoms with van der Waals surface area (Å²) in [5.41, 5.74) is 6.91. The topological polar surface area (TPSA) is 76.0 Å². The molecule has 0 bridgehead atoms. The number of ketones is 1. The summed E-state index contributed by atoms with van der Waals surface area (Å²) >= 11 is 0. The van der Waals surface area contributed by atoms with Crippen LogP contribution in [-0.2, 0) is 6.42 Å². The van der Waals surface area contributed by atoms with Crippen LogP contribution in [-0.4, -0.2) is 16.7 Å². The lowest BCUT2D eigenvalue weighted by Gasteiger charge is -2.08. The largest absolute Gasteiger partial charge is 0.364 e. The molecule has 0 radical (unpaired) electrons. The van der Waals surface area contributed by atoms with Gasteiger partial charge in [0.2, 0.25) is 0 Å². The predicted molar refractivity (Wildman–Crippen MR) is 46.6 cm³/mol. The molecule has 0 unspecified atom stereocenters. The number of hydrogen-bond acceptors (Lipinski definition) is 2. The van der Waals surface area contributed by atoms with E-state index >= 15 is 0 Å². The SMILES string of the molecule is NC(=O)c1cc2c([nH]1)CCCC2=O. The number of H-pyrrole nitrogens is 1. The van der Waals surface area contributed by atoms with E-state index in [1.165, 1.54) is 0 Å². The number of aromatic amines is 1. The molecule has 1 aromatic heterocycles. The Kier molecular flexibility index (Phi) is 1.69. The second kappa shape index (κ2) is 2.73. The third kappa shape index (κ3) is 1.24. The quantitative estimate of drug-likeness (QED) is 0.661. The minimum Gasteiger partial charge on any atom is -0.364 e. The summed E-state index contributed by atoms with van der Waals surface area (Å²) in [4.78, 5) is 25.0. The number of nitrogens with one attached hydrogen (secondary N) is 1. The number of aromatic nitrogens is 1. The van der Waals surface area contributed by atoms with Crippen LogP contribution in [0.15, 0.2) is 6.07 Å². The minimum atomic E-state index is -0.512. The third-order valence-electron chi connectivity index (χ3n) is 2.30. The van der Waals surface area contributed by atoms with Crippen LogP contribution in [0, 0.1) is 0 Å². The Labute approximate surface area is 75.1 Å². The molecule has 0 atom stereocenters. The van der Waals surface area contributed by atoms with Crippen LogP contribution in [0.2, 0.25) is 0 Å². The molecule has 0 aliphatic heterocycles. The molecule has 1 amide bonds. The summed E-state index contributed by atoms with van der Waals surface area (Å²) in [6.07, 6.45) is 2.25. The molecule has 1 aliphatic carbocycles. The predicted octanol–water partition coefficient (Wildman–Crippen LogP) is 0.633. The van der Waals surface area contributed by atoms with Gasteiger partial charge in [0.25, 0.3) is 5.91 Å². The van der Waals surface area contributed by atoms with Gasteiger partial charge in [0.15, 0.2) is 5.78 Å². The average Bonchev–Trinajstić information content (AvgIpc) is 2.49. The van der Waals surface area contributed by atoms with Gasteiger partial charge in [-0.05, 0) is 18.9 Å². The number of carbonyl (C=O) groups is 2. The van der Waals surface area contributed by atoms with Gasteiger partial charge in [-0.15, -0.1) is 0 Å². The number of hydrogen-bond donors (Lipinski definition) is 2. The Morgan fingerprint density at radius 1 is 1.46 bits per heavy atom. The molecule has 0 saturated heterocycles. The maximum Gasteiger partial charge on any atom is 0.265 e. The molecule has 1 aliphatic rings. The Hall–Kier alpha value is -1.58. The van der Waals surface area contributed by atoms with Crippen molar-refractivity contribution in [3.05, 3.63) is 23.0 Å². The summed E-state index contributed by atoms with van der Waals surface area (Å²) in [5, 5.41) is 0. The highest BCUT2D eigenvalue weighted by atomic mass is 16.1. The Bertz CT molecular complexity index is 379. The van der Waals surface area contributed by atoms with E-state index < -0.39 is 5.91 Å². The molecular weight excluding hydrogens is 168 g/mol. The Balaban J connectivity index is 2.48. The van der Waals surface area contributed by atoms with Crippen molar-refractivity contribution in [1.29, 1.82) is 0 Å². The smallest absolute Gasteiger partial charge is 0.265 e. The van der Waals surface area contributed by atoms with E-state index in [-0.39, 0.29) is 5.78 Å². The van der Waals surface area contributed by atoms with Crippen LogP contribution in [0.3, 0.4) is 0 Å². The number of primary amides is 1. The lowest BCUT2D eigenvalue weighted by atomic mass is 9.97. The van der Waals surface area contributed by atoms with Crippen molar-refractivity contribution in [1.82, 2.24) is 4.98 Å². The van der Waals surface area contributed by atoms with E-state index in [0.29, 0.717) is 17.7 Å². The van der Waals surface area contributed by atoms with Crippen molar-refractivity contribution in [3.63, 3.8) is 0 Å². The number of fused-ring (bicyclic) bond motifs is 1. The molecule has 2 rings (SSSR count). The standard InChI is InChI=1S/C9H10N2O2/c10-9(13)7-4-5-6(11-7)2-1-3-8(5)12/h4,11H,1-3H2,(H2,10,13). The van der Waals surface area contributed by atoms with Crippen molar-refractivity contribution in [2.24, 2.45) is 5.73 Å². The summed E-state index contributed by atoms with van der Waals surface area (Å²) in [6, 6.07) is 1.55. The fraction of sp³-hybridized carbons (Fsp3) is 0.333. The van der Waals surface area contributed by atoms with E-state index in [4.69, 9.17) is 5.73 Å². The van der Waals surface area contributed by atoms with Crippen molar-refractivity contribution in [2.75, 3.05) is 0 Å². The van der Waals surface area contributed by atoms with Gasteiger partial charge in [0.05, 0.1) is 0 Å². The number of amides is 1. The average molecular weight is 178 g/mol. The molecule has 0 fully saturated rings. The van der Waals surface area contributed by atoms with E-state index in [0.717, 1.165) is 18.5 Å². The van der Waals surface area contributed by atoms with Gasteiger partial charge in [-0.1, -0.05) is 0 Å². The minimum absolute atomic E-state index is 0.102. The number of aryl methyl sites for hydroxylation is 1. The molecule has 1 aromatic rings. The lowest BCUT2D eigenvalue weighted by Crippen LogP contribution is -2.11. The first-order chi connectivity index (χ1) is 6.18. The van der Waals surface area contributed by atoms with Crippen molar-refractivity contribution >= 4 is 11.7 Å². The zero-order chi connectivity index (χ0) is 9.42. The highest BCUT2D eigenvalue weighted by Crippen LogP contribution is 2.21. The maximum atomic E-state index is 11.3. The van der Waals surface area contributed by atoms with Crippen LogP contribution >= 0.6 is 0 Å². The molecule has 4 nitrogen and oxygen atoms in total. The summed E-state index contributed by atoms with van der Waals surface area (Å²) < 4.78 is 0. The van der Waals surface area contributed by atoms with Gasteiger partial charge in [0, 0.05) is 17.7 Å². The van der Waals surface area contributed by atoms with Crippen LogP contribution in [0.1, 0.15) is 39.4 Å². The molecule has 13 heavy (non-hydrogen) atoms. The van der Waals surface area contributed by atoms with Crippen LogP contribution in [0.4, 0.5) is 0 Å². The second-order valence-corrected chi connectivity index (χ2v) is 3.22. The van der Waals surface area contributed by atoms with E-state index in [9.17, 15) is 9.59 Å². The van der Waals surface area contributed by atoms with Gasteiger partial charge in [0.1, 0.15) is 5.69 Å². The van der Waals surface area contributed by atoms with E-state index in [2.05, 4.69) is 4.98 Å². The maximum absolute atomic E-state index is 11.3. The molecule has 3 N–H and O–H groups in total. The lowest BCUT2D eigenvalue weighted by molar-refractivity contribution is 0.0971. The van der Waals surface area contributed by atoms with Gasteiger partial charge in [-0.25, -0.2) is 0 Å². The number of carbonyl (C=O) groups excluding carboxylic acids is 2. The van der Waals surface area contributed by atoms with Gasteiger partial charge < -0.3 is 10.7 Å². The van der Waals surface area contributed by atoms with Gasteiger partial charge in [-0.3, -0.25) is 9.59 Å². The third-order valence-corrected chi connectivity index (χ3v) is 2.30. The van der Waals surface area contributed by atoms with Crippen LogP contribution < -0.4 is 5.73 Å². The first-order valence-corrected chi connectivity index (χ1v) is 4.23. The normalized spacial score (nSPS) is 15.5. The Morgan fingerprint density at radius 2 is 2.23 bits per heavy atom. The van der Waals surface area contributed by atoms with Gasteiger partial charge >= 0.3 is 0 Å². The van der Waals surface area contributed by atoms with Gasteiger partial charge in [-0.2, -0.15) is 0 Å². The molecule has 68 valence electrons. The summed E-state index contributed by atoms with van der Waals surface area (Å²) in [5.74, 6) is -0.410. The highest BCUT2D eigenvalue weighted by molar-refractivity contribution is 6.01.